The van der Waals surface area contributed by atoms with Crippen molar-refractivity contribution in [3.8, 4) is 11.4 Å². The second-order valence-electron chi connectivity index (χ2n) is 7.19. The topological polar surface area (TPSA) is 58.1 Å². The first-order valence-corrected chi connectivity index (χ1v) is 8.81. The predicted molar refractivity (Wildman–Crippen MR) is 93.7 cm³/mol. The molecule has 1 N–H and O–H groups in total. The van der Waals surface area contributed by atoms with Gasteiger partial charge in [-0.2, -0.15) is 0 Å². The molecule has 1 aromatic carbocycles. The van der Waals surface area contributed by atoms with Gasteiger partial charge in [-0.05, 0) is 42.9 Å². The van der Waals surface area contributed by atoms with E-state index in [4.69, 9.17) is 0 Å². The molecule has 2 bridgehead atoms. The van der Waals surface area contributed by atoms with Gasteiger partial charge in [-0.1, -0.05) is 13.0 Å². The van der Waals surface area contributed by atoms with E-state index in [2.05, 4.69) is 22.2 Å². The Morgan fingerprint density at radius 1 is 1.23 bits per heavy atom. The number of fused-ring (bicyclic) bond motifs is 2. The van der Waals surface area contributed by atoms with Gasteiger partial charge in [0.1, 0.15) is 6.67 Å². The lowest BCUT2D eigenvalue weighted by molar-refractivity contribution is -0.00600. The van der Waals surface area contributed by atoms with Gasteiger partial charge in [0.15, 0.2) is 11.6 Å². The van der Waals surface area contributed by atoms with E-state index < -0.39 is 12.5 Å². The number of aromatic nitrogens is 2. The summed E-state index contributed by atoms with van der Waals surface area (Å²) in [4.78, 5) is 22.4. The smallest absolute Gasteiger partial charge is 0.318 e. The van der Waals surface area contributed by atoms with Crippen molar-refractivity contribution in [2.24, 2.45) is 5.92 Å². The Kier molecular flexibility index (Phi) is 4.30. The Morgan fingerprint density at radius 2 is 1.92 bits per heavy atom. The van der Waals surface area contributed by atoms with Crippen molar-refractivity contribution in [2.75, 3.05) is 5.32 Å². The summed E-state index contributed by atoms with van der Waals surface area (Å²) < 4.78 is 26.4. The van der Waals surface area contributed by atoms with Crippen molar-refractivity contribution in [2.45, 2.75) is 44.9 Å². The normalized spacial score (nSPS) is 24.1. The first-order chi connectivity index (χ1) is 12.5. The number of piperidine rings is 1. The van der Waals surface area contributed by atoms with Crippen LogP contribution in [0.1, 0.15) is 31.7 Å². The fraction of sp³-hybridized carbons (Fsp3) is 0.421. The third-order valence-corrected chi connectivity index (χ3v) is 5.28. The van der Waals surface area contributed by atoms with Crippen molar-refractivity contribution < 1.29 is 13.6 Å². The molecule has 2 saturated heterocycles. The maximum atomic E-state index is 13.3. The molecule has 2 aromatic rings. The van der Waals surface area contributed by atoms with Crippen LogP contribution in [0.5, 0.6) is 0 Å². The molecule has 3 aliphatic rings. The molecular weight excluding hydrogens is 338 g/mol. The van der Waals surface area contributed by atoms with E-state index in [0.717, 1.165) is 31.7 Å². The molecular formula is C19H20F2N4O. The summed E-state index contributed by atoms with van der Waals surface area (Å²) >= 11 is 0. The number of hydrogen-bond donors (Lipinski definition) is 1. The zero-order valence-corrected chi connectivity index (χ0v) is 14.5. The quantitative estimate of drug-likeness (QED) is 0.896. The van der Waals surface area contributed by atoms with Crippen LogP contribution in [0.2, 0.25) is 0 Å². The maximum absolute atomic E-state index is 13.3. The maximum Gasteiger partial charge on any atom is 0.322 e. The van der Waals surface area contributed by atoms with Gasteiger partial charge in [-0.25, -0.2) is 23.5 Å². The lowest BCUT2D eigenvalue weighted by Gasteiger charge is -2.54. The molecule has 1 saturated carbocycles. The summed E-state index contributed by atoms with van der Waals surface area (Å²) in [6, 6.07) is 5.40. The molecule has 5 rings (SSSR count). The van der Waals surface area contributed by atoms with Gasteiger partial charge in [0.25, 0.3) is 0 Å². The lowest BCUT2D eigenvalue weighted by atomic mass is 9.74. The summed E-state index contributed by atoms with van der Waals surface area (Å²) in [6.45, 7) is 1.53. The first kappa shape index (κ1) is 16.9. The van der Waals surface area contributed by atoms with Crippen molar-refractivity contribution in [3.05, 3.63) is 42.0 Å². The Morgan fingerprint density at radius 3 is 2.58 bits per heavy atom. The summed E-state index contributed by atoms with van der Waals surface area (Å²) in [5.74, 6) is 0.331. The standard InChI is InChI=1S/C19H20F2N4O/c1-11-4-15-7-16(5-11)25(15)19(26)24-14-3-2-12(8-20)17(6-14)18-22-9-13(21)10-23-18/h2-3,6,9-11,15-16H,4-5,7-8H2,1H3,(H,24,26). The number of alkyl halides is 1. The molecule has 2 atom stereocenters. The number of rotatable bonds is 3. The van der Waals surface area contributed by atoms with E-state index in [1.807, 2.05) is 4.90 Å². The molecule has 7 heteroatoms. The number of carbonyl (C=O) groups is 1. The predicted octanol–water partition coefficient (Wildman–Crippen LogP) is 4.16. The van der Waals surface area contributed by atoms with Crippen LogP contribution in [0.15, 0.2) is 30.6 Å². The van der Waals surface area contributed by atoms with Gasteiger partial charge in [-0.15, -0.1) is 0 Å². The summed E-state index contributed by atoms with van der Waals surface area (Å²) in [5.41, 5.74) is 1.39. The SMILES string of the molecule is CC1CC2CC(C1)N2C(=O)Nc1ccc(CF)c(-c2ncc(F)cn2)c1. The fourth-order valence-electron chi connectivity index (χ4n) is 4.10. The summed E-state index contributed by atoms with van der Waals surface area (Å²) in [5, 5.41) is 2.90. The van der Waals surface area contributed by atoms with Gasteiger partial charge < -0.3 is 10.2 Å². The van der Waals surface area contributed by atoms with Crippen LogP contribution >= 0.6 is 0 Å². The zero-order valence-electron chi connectivity index (χ0n) is 14.5. The minimum atomic E-state index is -0.696. The number of anilines is 1. The highest BCUT2D eigenvalue weighted by Crippen LogP contribution is 2.41. The number of nitrogens with zero attached hydrogens (tertiary/aromatic N) is 3. The van der Waals surface area contributed by atoms with E-state index in [1.165, 1.54) is 0 Å². The van der Waals surface area contributed by atoms with Crippen LogP contribution in [0.3, 0.4) is 0 Å². The number of nitrogens with one attached hydrogen (secondary N) is 1. The molecule has 1 aliphatic carbocycles. The van der Waals surface area contributed by atoms with E-state index in [9.17, 15) is 13.6 Å². The minimum Gasteiger partial charge on any atom is -0.318 e. The Bertz CT molecular complexity index is 815. The summed E-state index contributed by atoms with van der Waals surface area (Å²) in [6.07, 6.45) is 5.24. The third kappa shape index (κ3) is 3.02. The molecule has 5 nitrogen and oxygen atoms in total. The Labute approximate surface area is 150 Å². The van der Waals surface area contributed by atoms with Crippen molar-refractivity contribution in [1.82, 2.24) is 14.9 Å². The second kappa shape index (κ2) is 6.63. The van der Waals surface area contributed by atoms with Crippen LogP contribution in [0.25, 0.3) is 11.4 Å². The monoisotopic (exact) mass is 358 g/mol. The third-order valence-electron chi connectivity index (χ3n) is 5.28. The number of amides is 2. The van der Waals surface area contributed by atoms with Crippen LogP contribution in [-0.4, -0.2) is 33.0 Å². The minimum absolute atomic E-state index is 0.128. The molecule has 26 heavy (non-hydrogen) atoms. The van der Waals surface area contributed by atoms with E-state index in [0.29, 0.717) is 34.8 Å². The number of urea groups is 1. The van der Waals surface area contributed by atoms with Crippen molar-refractivity contribution in [1.29, 1.82) is 0 Å². The van der Waals surface area contributed by atoms with Gasteiger partial charge in [0.2, 0.25) is 0 Å². The molecule has 1 aromatic heterocycles. The van der Waals surface area contributed by atoms with Gasteiger partial charge in [-0.3, -0.25) is 0 Å². The molecule has 136 valence electrons. The fourth-order valence-corrected chi connectivity index (χ4v) is 4.10. The average molecular weight is 358 g/mol. The summed E-state index contributed by atoms with van der Waals surface area (Å²) in [7, 11) is 0. The van der Waals surface area contributed by atoms with Gasteiger partial charge >= 0.3 is 6.03 Å². The second-order valence-corrected chi connectivity index (χ2v) is 7.19. The molecule has 0 spiro atoms. The number of halogens is 2. The van der Waals surface area contributed by atoms with E-state index in [1.54, 1.807) is 18.2 Å². The average Bonchev–Trinajstić information content (AvgIpc) is 2.62. The molecule has 2 amide bonds. The largest absolute Gasteiger partial charge is 0.322 e. The van der Waals surface area contributed by atoms with Crippen molar-refractivity contribution >= 4 is 11.7 Å². The number of carbonyl (C=O) groups excluding carboxylic acids is 1. The Balaban J connectivity index is 1.55. The van der Waals surface area contributed by atoms with E-state index >= 15 is 0 Å². The van der Waals surface area contributed by atoms with Crippen molar-refractivity contribution in [3.63, 3.8) is 0 Å². The lowest BCUT2D eigenvalue weighted by Crippen LogP contribution is -2.63. The van der Waals surface area contributed by atoms with Crippen LogP contribution in [-0.2, 0) is 6.67 Å². The van der Waals surface area contributed by atoms with Gasteiger partial charge in [0, 0.05) is 23.3 Å². The number of hydrogen-bond acceptors (Lipinski definition) is 3. The van der Waals surface area contributed by atoms with Crippen LogP contribution < -0.4 is 5.32 Å². The highest BCUT2D eigenvalue weighted by Gasteiger charge is 2.46. The Hall–Kier alpha value is -2.57. The van der Waals surface area contributed by atoms with Gasteiger partial charge in [0.05, 0.1) is 12.4 Å². The van der Waals surface area contributed by atoms with Crippen LogP contribution in [0.4, 0.5) is 19.3 Å². The highest BCUT2D eigenvalue weighted by molar-refractivity contribution is 5.91. The molecule has 3 heterocycles. The molecule has 2 unspecified atom stereocenters. The zero-order chi connectivity index (χ0) is 18.3. The molecule has 2 aliphatic heterocycles. The first-order valence-electron chi connectivity index (χ1n) is 8.81. The molecule has 0 radical (unpaired) electrons. The number of benzene rings is 1. The molecule has 3 fully saturated rings. The highest BCUT2D eigenvalue weighted by atomic mass is 19.1. The van der Waals surface area contributed by atoms with E-state index in [-0.39, 0.29) is 11.9 Å². The van der Waals surface area contributed by atoms with Crippen LogP contribution in [0, 0.1) is 11.7 Å².